The van der Waals surface area contributed by atoms with Crippen LogP contribution in [0.25, 0.3) is 0 Å². The number of nitrogens with zero attached hydrogens (tertiary/aromatic N) is 1. The summed E-state index contributed by atoms with van der Waals surface area (Å²) in [6, 6.07) is 0.831. The summed E-state index contributed by atoms with van der Waals surface area (Å²) >= 11 is 5.09. The molecular formula is C14H26N2S. The molecular weight excluding hydrogens is 228 g/mol. The van der Waals surface area contributed by atoms with Crippen molar-refractivity contribution in [2.75, 3.05) is 13.1 Å². The van der Waals surface area contributed by atoms with Crippen LogP contribution in [0, 0.1) is 5.41 Å². The van der Waals surface area contributed by atoms with Crippen molar-refractivity contribution in [1.29, 1.82) is 0 Å². The highest BCUT2D eigenvalue weighted by molar-refractivity contribution is 7.80. The van der Waals surface area contributed by atoms with Gasteiger partial charge in [-0.15, -0.1) is 0 Å². The van der Waals surface area contributed by atoms with Crippen molar-refractivity contribution in [3.05, 3.63) is 0 Å². The first kappa shape index (κ1) is 13.3. The SMILES string of the molecule is CCCC1CCCCN1CC1(CC(N)=S)CC1. The van der Waals surface area contributed by atoms with Gasteiger partial charge in [-0.25, -0.2) is 0 Å². The van der Waals surface area contributed by atoms with E-state index in [2.05, 4.69) is 11.8 Å². The molecule has 2 rings (SSSR count). The fourth-order valence-corrected chi connectivity index (χ4v) is 3.60. The highest BCUT2D eigenvalue weighted by Crippen LogP contribution is 2.50. The Morgan fingerprint density at radius 3 is 2.76 bits per heavy atom. The topological polar surface area (TPSA) is 29.3 Å². The molecule has 2 nitrogen and oxygen atoms in total. The van der Waals surface area contributed by atoms with Crippen LogP contribution in [-0.4, -0.2) is 29.0 Å². The van der Waals surface area contributed by atoms with E-state index >= 15 is 0 Å². The Bertz CT molecular complexity index is 271. The van der Waals surface area contributed by atoms with Gasteiger partial charge in [0.15, 0.2) is 0 Å². The molecule has 1 saturated carbocycles. The van der Waals surface area contributed by atoms with Crippen LogP contribution in [0.5, 0.6) is 0 Å². The zero-order valence-corrected chi connectivity index (χ0v) is 11.9. The lowest BCUT2D eigenvalue weighted by Gasteiger charge is -2.38. The molecule has 1 atom stereocenters. The second-order valence-corrected chi connectivity index (χ2v) is 6.58. The Kier molecular flexibility index (Phi) is 4.42. The molecule has 1 heterocycles. The van der Waals surface area contributed by atoms with Crippen molar-refractivity contribution in [2.45, 2.75) is 64.3 Å². The van der Waals surface area contributed by atoms with Crippen molar-refractivity contribution in [3.8, 4) is 0 Å². The van der Waals surface area contributed by atoms with Gasteiger partial charge in [-0.05, 0) is 44.1 Å². The maximum Gasteiger partial charge on any atom is 0.0733 e. The van der Waals surface area contributed by atoms with Crippen molar-refractivity contribution in [3.63, 3.8) is 0 Å². The number of nitrogens with two attached hydrogens (primary N) is 1. The quantitative estimate of drug-likeness (QED) is 0.739. The summed E-state index contributed by atoms with van der Waals surface area (Å²) in [7, 11) is 0. The zero-order chi connectivity index (χ0) is 12.3. The van der Waals surface area contributed by atoms with Crippen molar-refractivity contribution in [2.24, 2.45) is 11.1 Å². The molecule has 1 aliphatic carbocycles. The van der Waals surface area contributed by atoms with E-state index in [1.807, 2.05) is 0 Å². The summed E-state index contributed by atoms with van der Waals surface area (Å²) in [6.07, 6.45) is 10.5. The van der Waals surface area contributed by atoms with E-state index in [0.717, 1.165) is 12.5 Å². The lowest BCUT2D eigenvalue weighted by Crippen LogP contribution is -2.43. The number of piperidine rings is 1. The molecule has 0 aromatic carbocycles. The predicted octanol–water partition coefficient (Wildman–Crippen LogP) is 3.10. The minimum atomic E-state index is 0.467. The highest BCUT2D eigenvalue weighted by Gasteiger charge is 2.45. The first-order chi connectivity index (χ1) is 8.15. The monoisotopic (exact) mass is 254 g/mol. The third-order valence-corrected chi connectivity index (χ3v) is 4.56. The molecule has 98 valence electrons. The van der Waals surface area contributed by atoms with Crippen LogP contribution in [-0.2, 0) is 0 Å². The molecule has 0 bridgehead atoms. The van der Waals surface area contributed by atoms with E-state index in [4.69, 9.17) is 18.0 Å². The molecule has 0 aromatic rings. The average molecular weight is 254 g/mol. The standard InChI is InChI=1S/C14H26N2S/c1-2-5-12-6-3-4-9-16(12)11-14(7-8-14)10-13(15)17/h12H,2-11H2,1H3,(H2,15,17). The van der Waals surface area contributed by atoms with E-state index in [1.165, 1.54) is 58.0 Å². The van der Waals surface area contributed by atoms with Crippen molar-refractivity contribution < 1.29 is 0 Å². The van der Waals surface area contributed by atoms with E-state index in [1.54, 1.807) is 0 Å². The van der Waals surface area contributed by atoms with Crippen LogP contribution >= 0.6 is 12.2 Å². The van der Waals surface area contributed by atoms with Gasteiger partial charge in [0.2, 0.25) is 0 Å². The third-order valence-electron chi connectivity index (χ3n) is 4.42. The zero-order valence-electron chi connectivity index (χ0n) is 11.1. The Morgan fingerprint density at radius 2 is 2.18 bits per heavy atom. The largest absolute Gasteiger partial charge is 0.393 e. The van der Waals surface area contributed by atoms with Gasteiger partial charge < -0.3 is 5.73 Å². The fourth-order valence-electron chi connectivity index (χ4n) is 3.30. The Balaban J connectivity index is 1.89. The van der Waals surface area contributed by atoms with Crippen LogP contribution in [0.2, 0.25) is 0 Å². The summed E-state index contributed by atoms with van der Waals surface area (Å²) in [6.45, 7) is 4.84. The van der Waals surface area contributed by atoms with Gasteiger partial charge >= 0.3 is 0 Å². The van der Waals surface area contributed by atoms with Gasteiger partial charge in [-0.1, -0.05) is 32.0 Å². The van der Waals surface area contributed by atoms with Crippen LogP contribution < -0.4 is 5.73 Å². The number of hydrogen-bond donors (Lipinski definition) is 1. The van der Waals surface area contributed by atoms with Gasteiger partial charge in [-0.3, -0.25) is 4.90 Å². The average Bonchev–Trinajstić information content (AvgIpc) is 3.00. The maximum absolute atomic E-state index is 5.73. The molecule has 1 saturated heterocycles. The van der Waals surface area contributed by atoms with Crippen molar-refractivity contribution in [1.82, 2.24) is 4.90 Å². The number of hydrogen-bond acceptors (Lipinski definition) is 2. The fraction of sp³-hybridized carbons (Fsp3) is 0.929. The minimum Gasteiger partial charge on any atom is -0.393 e. The Hall–Kier alpha value is -0.150. The minimum absolute atomic E-state index is 0.467. The molecule has 0 spiro atoms. The normalized spacial score (nSPS) is 27.9. The van der Waals surface area contributed by atoms with Gasteiger partial charge in [0, 0.05) is 19.0 Å². The second-order valence-electron chi connectivity index (χ2n) is 6.05. The second kappa shape index (κ2) is 5.66. The molecule has 0 radical (unpaired) electrons. The highest BCUT2D eigenvalue weighted by atomic mass is 32.1. The molecule has 2 fully saturated rings. The van der Waals surface area contributed by atoms with E-state index in [0.29, 0.717) is 10.4 Å². The molecule has 17 heavy (non-hydrogen) atoms. The van der Waals surface area contributed by atoms with Crippen molar-refractivity contribution >= 4 is 17.2 Å². The summed E-state index contributed by atoms with van der Waals surface area (Å²) in [5.41, 5.74) is 6.20. The maximum atomic E-state index is 5.73. The number of likely N-dealkylation sites (tertiary alicyclic amines) is 1. The van der Waals surface area contributed by atoms with Crippen LogP contribution in [0.3, 0.4) is 0 Å². The van der Waals surface area contributed by atoms with Crippen LogP contribution in [0.4, 0.5) is 0 Å². The molecule has 0 aromatic heterocycles. The Morgan fingerprint density at radius 1 is 1.41 bits per heavy atom. The van der Waals surface area contributed by atoms with Gasteiger partial charge in [0.05, 0.1) is 4.99 Å². The lowest BCUT2D eigenvalue weighted by atomic mass is 9.94. The molecule has 2 aliphatic rings. The first-order valence-corrected chi connectivity index (χ1v) is 7.58. The van der Waals surface area contributed by atoms with Gasteiger partial charge in [-0.2, -0.15) is 0 Å². The Labute approximate surface area is 111 Å². The summed E-state index contributed by atoms with van der Waals surface area (Å²) in [5.74, 6) is 0. The number of thiocarbonyl (C=S) groups is 1. The lowest BCUT2D eigenvalue weighted by molar-refractivity contribution is 0.113. The summed E-state index contributed by atoms with van der Waals surface area (Å²) < 4.78 is 0. The molecule has 1 unspecified atom stereocenters. The smallest absolute Gasteiger partial charge is 0.0733 e. The molecule has 3 heteroatoms. The molecule has 2 N–H and O–H groups in total. The third kappa shape index (κ3) is 3.65. The van der Waals surface area contributed by atoms with Crippen LogP contribution in [0.1, 0.15) is 58.3 Å². The van der Waals surface area contributed by atoms with E-state index < -0.39 is 0 Å². The number of rotatable bonds is 6. The van der Waals surface area contributed by atoms with E-state index in [-0.39, 0.29) is 0 Å². The first-order valence-electron chi connectivity index (χ1n) is 7.17. The van der Waals surface area contributed by atoms with Gasteiger partial charge in [0.25, 0.3) is 0 Å². The molecule has 1 aliphatic heterocycles. The summed E-state index contributed by atoms with van der Waals surface area (Å²) in [4.78, 5) is 3.45. The summed E-state index contributed by atoms with van der Waals surface area (Å²) in [5, 5.41) is 0. The predicted molar refractivity (Wildman–Crippen MR) is 77.2 cm³/mol. The van der Waals surface area contributed by atoms with Gasteiger partial charge in [0.1, 0.15) is 0 Å². The molecule has 0 amide bonds. The van der Waals surface area contributed by atoms with E-state index in [9.17, 15) is 0 Å². The van der Waals surface area contributed by atoms with Crippen LogP contribution in [0.15, 0.2) is 0 Å².